The van der Waals surface area contributed by atoms with Gasteiger partial charge in [-0.15, -0.1) is 0 Å². The Kier molecular flexibility index (Phi) is 6.29. The molecule has 55 heavy (non-hydrogen) atoms. The minimum absolute atomic E-state index is 0.397. The zero-order valence-corrected chi connectivity index (χ0v) is 29.9. The first-order valence-electron chi connectivity index (χ1n) is 19.0. The maximum absolute atomic E-state index is 5.11. The minimum atomic E-state index is -0.397. The molecule has 254 valence electrons. The normalized spacial score (nSPS) is 13.2. The van der Waals surface area contributed by atoms with Crippen LogP contribution < -0.4 is 0 Å². The van der Waals surface area contributed by atoms with Crippen molar-refractivity contribution in [1.82, 2.24) is 9.97 Å². The summed E-state index contributed by atoms with van der Waals surface area (Å²) < 4.78 is 0. The molecule has 1 spiro atoms. The SMILES string of the molecule is c1ccc(-c2nc(-c3ccc(-c4ccc5cc6c(cc5c4)C4(c5ccccc5-c5ccccc54)c4cc5ccccc5cc4-6)cc3)nc3ccccc23)cc1. The largest absolute Gasteiger partial charge is 0.228 e. The van der Waals surface area contributed by atoms with E-state index in [1.54, 1.807) is 0 Å². The molecule has 0 fully saturated rings. The average molecular weight is 697 g/mol. The Morgan fingerprint density at radius 3 is 1.58 bits per heavy atom. The van der Waals surface area contributed by atoms with Crippen molar-refractivity contribution in [1.29, 1.82) is 0 Å². The first-order valence-corrected chi connectivity index (χ1v) is 19.0. The van der Waals surface area contributed by atoms with Crippen LogP contribution in [-0.4, -0.2) is 9.97 Å². The van der Waals surface area contributed by atoms with Crippen molar-refractivity contribution < 1.29 is 0 Å². The van der Waals surface area contributed by atoms with E-state index in [0.29, 0.717) is 0 Å². The van der Waals surface area contributed by atoms with Crippen LogP contribution in [0, 0.1) is 0 Å². The number of para-hydroxylation sites is 1. The van der Waals surface area contributed by atoms with Crippen LogP contribution in [0.3, 0.4) is 0 Å². The zero-order chi connectivity index (χ0) is 36.1. The van der Waals surface area contributed by atoms with Crippen LogP contribution in [0.4, 0.5) is 0 Å². The number of fused-ring (bicyclic) bond motifs is 13. The predicted molar refractivity (Wildman–Crippen MR) is 227 cm³/mol. The fourth-order valence-corrected chi connectivity index (χ4v) is 9.58. The molecule has 0 bridgehead atoms. The van der Waals surface area contributed by atoms with E-state index < -0.39 is 5.41 Å². The van der Waals surface area contributed by atoms with Gasteiger partial charge in [0.2, 0.25) is 0 Å². The van der Waals surface area contributed by atoms with Gasteiger partial charge in [-0.2, -0.15) is 0 Å². The second-order valence-electron chi connectivity index (χ2n) is 14.9. The molecule has 0 atom stereocenters. The van der Waals surface area contributed by atoms with Crippen LogP contribution in [0.15, 0.2) is 194 Å². The molecule has 0 unspecified atom stereocenters. The lowest BCUT2D eigenvalue weighted by Gasteiger charge is -2.30. The molecular formula is C53H32N2. The third-order valence-electron chi connectivity index (χ3n) is 12.0. The van der Waals surface area contributed by atoms with E-state index in [1.165, 1.54) is 71.6 Å². The van der Waals surface area contributed by atoms with Crippen LogP contribution in [0.25, 0.3) is 88.5 Å². The van der Waals surface area contributed by atoms with Crippen LogP contribution in [0.1, 0.15) is 22.3 Å². The molecule has 1 heterocycles. The lowest BCUT2D eigenvalue weighted by atomic mass is 9.70. The van der Waals surface area contributed by atoms with E-state index in [4.69, 9.17) is 9.97 Å². The highest BCUT2D eigenvalue weighted by Gasteiger charge is 2.51. The number of benzene rings is 9. The fourth-order valence-electron chi connectivity index (χ4n) is 9.58. The molecule has 0 saturated heterocycles. The van der Waals surface area contributed by atoms with Gasteiger partial charge in [0.1, 0.15) is 0 Å². The Morgan fingerprint density at radius 1 is 0.309 bits per heavy atom. The van der Waals surface area contributed by atoms with Crippen molar-refractivity contribution >= 4 is 32.4 Å². The number of hydrogen-bond acceptors (Lipinski definition) is 2. The first-order chi connectivity index (χ1) is 27.2. The Bertz CT molecular complexity index is 3150. The van der Waals surface area contributed by atoms with Gasteiger partial charge in [0.15, 0.2) is 5.82 Å². The molecule has 2 aliphatic rings. The van der Waals surface area contributed by atoms with Crippen LogP contribution in [-0.2, 0) is 5.41 Å². The van der Waals surface area contributed by atoms with Crippen molar-refractivity contribution in [2.24, 2.45) is 0 Å². The van der Waals surface area contributed by atoms with Gasteiger partial charge in [0.25, 0.3) is 0 Å². The minimum Gasteiger partial charge on any atom is -0.228 e. The molecule has 0 aliphatic heterocycles. The summed E-state index contributed by atoms with van der Waals surface area (Å²) in [6.45, 7) is 0. The Morgan fingerprint density at radius 2 is 0.855 bits per heavy atom. The standard InChI is InChI=1S/C53H32N2/c1-2-12-34(13-3-1)51-43-18-8-11-21-50(43)54-52(55-51)35-24-22-33(23-25-35)38-26-27-39-30-45-44-29-36-14-4-5-15-37(36)31-48(44)53(49(45)32-40(39)28-38)46-19-9-6-16-41(46)42-17-7-10-20-47(42)53/h1-32H. The van der Waals surface area contributed by atoms with Crippen molar-refractivity contribution in [2.45, 2.75) is 5.41 Å². The molecular weight excluding hydrogens is 665 g/mol. The molecule has 0 saturated carbocycles. The van der Waals surface area contributed by atoms with Gasteiger partial charge in [-0.3, -0.25) is 0 Å². The highest BCUT2D eigenvalue weighted by molar-refractivity contribution is 6.04. The number of nitrogens with zero attached hydrogens (tertiary/aromatic N) is 2. The molecule has 9 aromatic carbocycles. The van der Waals surface area contributed by atoms with Gasteiger partial charge in [0, 0.05) is 16.5 Å². The second-order valence-corrected chi connectivity index (χ2v) is 14.9. The van der Waals surface area contributed by atoms with Crippen molar-refractivity contribution in [2.75, 3.05) is 0 Å². The summed E-state index contributed by atoms with van der Waals surface area (Å²) in [5, 5.41) is 6.08. The summed E-state index contributed by atoms with van der Waals surface area (Å²) in [6, 6.07) is 71.0. The van der Waals surface area contributed by atoms with E-state index in [-0.39, 0.29) is 0 Å². The summed E-state index contributed by atoms with van der Waals surface area (Å²) >= 11 is 0. The number of rotatable bonds is 3. The Hall–Kier alpha value is -7.16. The zero-order valence-electron chi connectivity index (χ0n) is 29.9. The molecule has 2 heteroatoms. The van der Waals surface area contributed by atoms with Gasteiger partial charge >= 0.3 is 0 Å². The molecule has 0 N–H and O–H groups in total. The summed E-state index contributed by atoms with van der Waals surface area (Å²) in [7, 11) is 0. The third-order valence-corrected chi connectivity index (χ3v) is 12.0. The van der Waals surface area contributed by atoms with E-state index in [9.17, 15) is 0 Å². The summed E-state index contributed by atoms with van der Waals surface area (Å²) in [4.78, 5) is 10.1. The third kappa shape index (κ3) is 4.31. The molecule has 2 aliphatic carbocycles. The first kappa shape index (κ1) is 30.3. The Labute approximate surface area is 319 Å². The highest BCUT2D eigenvalue weighted by atomic mass is 14.9. The highest BCUT2D eigenvalue weighted by Crippen LogP contribution is 2.63. The summed E-state index contributed by atoms with van der Waals surface area (Å²) in [6.07, 6.45) is 0. The van der Waals surface area contributed by atoms with E-state index in [1.807, 2.05) is 12.1 Å². The average Bonchev–Trinajstić information content (AvgIpc) is 3.70. The van der Waals surface area contributed by atoms with E-state index in [0.717, 1.165) is 39.1 Å². The van der Waals surface area contributed by atoms with Gasteiger partial charge in [0.05, 0.1) is 16.6 Å². The molecule has 2 nitrogen and oxygen atoms in total. The van der Waals surface area contributed by atoms with E-state index >= 15 is 0 Å². The fraction of sp³-hybridized carbons (Fsp3) is 0.0189. The predicted octanol–water partition coefficient (Wildman–Crippen LogP) is 13.3. The van der Waals surface area contributed by atoms with Crippen LogP contribution in [0.5, 0.6) is 0 Å². The van der Waals surface area contributed by atoms with Crippen LogP contribution in [0.2, 0.25) is 0 Å². The summed E-state index contributed by atoms with van der Waals surface area (Å²) in [5.74, 6) is 0.729. The van der Waals surface area contributed by atoms with Gasteiger partial charge in [-0.05, 0) is 114 Å². The van der Waals surface area contributed by atoms with E-state index in [2.05, 4.69) is 182 Å². The maximum Gasteiger partial charge on any atom is 0.160 e. The second kappa shape index (κ2) is 11.4. The maximum atomic E-state index is 5.11. The molecule has 12 rings (SSSR count). The topological polar surface area (TPSA) is 25.8 Å². The number of hydrogen-bond donors (Lipinski definition) is 0. The lowest BCUT2D eigenvalue weighted by Crippen LogP contribution is -2.25. The van der Waals surface area contributed by atoms with Crippen molar-refractivity contribution in [3.05, 3.63) is 216 Å². The van der Waals surface area contributed by atoms with Crippen molar-refractivity contribution in [3.63, 3.8) is 0 Å². The van der Waals surface area contributed by atoms with Gasteiger partial charge < -0.3 is 0 Å². The van der Waals surface area contributed by atoms with Crippen molar-refractivity contribution in [3.8, 4) is 56.0 Å². The quantitative estimate of drug-likeness (QED) is 0.184. The molecule has 0 radical (unpaired) electrons. The van der Waals surface area contributed by atoms with Gasteiger partial charge in [-0.25, -0.2) is 9.97 Å². The summed E-state index contributed by atoms with van der Waals surface area (Å²) in [5.41, 5.74) is 16.7. The molecule has 1 aromatic heterocycles. The smallest absolute Gasteiger partial charge is 0.160 e. The monoisotopic (exact) mass is 696 g/mol. The lowest BCUT2D eigenvalue weighted by molar-refractivity contribution is 0.796. The number of aromatic nitrogens is 2. The van der Waals surface area contributed by atoms with Crippen LogP contribution >= 0.6 is 0 Å². The molecule has 10 aromatic rings. The van der Waals surface area contributed by atoms with Gasteiger partial charge in [-0.1, -0.05) is 158 Å². The molecule has 0 amide bonds. The Balaban J connectivity index is 1.01.